The molecule has 0 aliphatic carbocycles. The van der Waals surface area contributed by atoms with Crippen molar-refractivity contribution >= 4 is 33.6 Å². The normalized spacial score (nSPS) is 19.1. The Kier molecular flexibility index (Phi) is 5.18. The summed E-state index contributed by atoms with van der Waals surface area (Å²) in [6, 6.07) is 1.90. The number of carbonyl (C=O) groups excluding carboxylic acids is 1. The van der Waals surface area contributed by atoms with Gasteiger partial charge in [0.2, 0.25) is 0 Å². The van der Waals surface area contributed by atoms with Crippen molar-refractivity contribution in [1.29, 1.82) is 0 Å². The van der Waals surface area contributed by atoms with Gasteiger partial charge in [-0.15, -0.1) is 0 Å². The quantitative estimate of drug-likeness (QED) is 0.899. The molecule has 0 aromatic carbocycles. The van der Waals surface area contributed by atoms with E-state index in [0.29, 0.717) is 5.92 Å². The van der Waals surface area contributed by atoms with Crippen LogP contribution in [0.5, 0.6) is 0 Å². The number of hydrogen-bond acceptors (Lipinski definition) is 2. The van der Waals surface area contributed by atoms with E-state index in [1.165, 1.54) is 17.9 Å². The molecule has 1 atom stereocenters. The van der Waals surface area contributed by atoms with Crippen LogP contribution in [0.15, 0.2) is 16.7 Å². The van der Waals surface area contributed by atoms with Crippen molar-refractivity contribution in [2.75, 3.05) is 18.1 Å². The van der Waals surface area contributed by atoms with Crippen LogP contribution in [0.1, 0.15) is 30.3 Å². The predicted molar refractivity (Wildman–Crippen MR) is 80.2 cm³/mol. The first-order valence-corrected chi connectivity index (χ1v) is 8.37. The number of aryl methyl sites for hydroxylation is 1. The van der Waals surface area contributed by atoms with E-state index in [2.05, 4.69) is 28.2 Å². The second kappa shape index (κ2) is 6.66. The largest absolute Gasteiger partial charge is 0.350 e. The van der Waals surface area contributed by atoms with Gasteiger partial charge in [0, 0.05) is 23.8 Å². The number of amides is 1. The van der Waals surface area contributed by atoms with Crippen LogP contribution in [0.3, 0.4) is 0 Å². The summed E-state index contributed by atoms with van der Waals surface area (Å²) in [6.45, 7) is 3.81. The molecule has 2 heterocycles. The maximum Gasteiger partial charge on any atom is 0.267 e. The third kappa shape index (κ3) is 3.54. The van der Waals surface area contributed by atoms with E-state index in [0.717, 1.165) is 29.7 Å². The van der Waals surface area contributed by atoms with E-state index in [9.17, 15) is 4.79 Å². The Morgan fingerprint density at radius 1 is 1.67 bits per heavy atom. The minimum atomic E-state index is 0.0473. The van der Waals surface area contributed by atoms with Crippen molar-refractivity contribution in [2.24, 2.45) is 5.92 Å². The van der Waals surface area contributed by atoms with E-state index < -0.39 is 0 Å². The average molecular weight is 331 g/mol. The first-order valence-electron chi connectivity index (χ1n) is 6.42. The Morgan fingerprint density at radius 3 is 3.17 bits per heavy atom. The molecule has 1 fully saturated rings. The first-order chi connectivity index (χ1) is 8.70. The third-order valence-electron chi connectivity index (χ3n) is 3.14. The highest BCUT2D eigenvalue weighted by Gasteiger charge is 2.18. The summed E-state index contributed by atoms with van der Waals surface area (Å²) in [5.41, 5.74) is 0.759. The number of aromatic nitrogens is 1. The summed E-state index contributed by atoms with van der Waals surface area (Å²) in [4.78, 5) is 12.2. The van der Waals surface area contributed by atoms with Gasteiger partial charge in [0.25, 0.3) is 5.91 Å². The summed E-state index contributed by atoms with van der Waals surface area (Å²) in [5.74, 6) is 3.11. The third-order valence-corrected chi connectivity index (χ3v) is 4.80. The minimum Gasteiger partial charge on any atom is -0.350 e. The molecule has 1 saturated heterocycles. The van der Waals surface area contributed by atoms with E-state index >= 15 is 0 Å². The van der Waals surface area contributed by atoms with Crippen LogP contribution in [0.25, 0.3) is 0 Å². The number of halogens is 1. The van der Waals surface area contributed by atoms with E-state index in [1.807, 2.05) is 28.6 Å². The second-order valence-electron chi connectivity index (χ2n) is 4.68. The Bertz CT molecular complexity index is 413. The molecule has 1 unspecified atom stereocenters. The fraction of sp³-hybridized carbons (Fsp3) is 0.615. The van der Waals surface area contributed by atoms with Crippen molar-refractivity contribution in [3.8, 4) is 0 Å². The molecule has 1 amide bonds. The van der Waals surface area contributed by atoms with E-state index in [-0.39, 0.29) is 5.91 Å². The maximum atomic E-state index is 12.2. The molecule has 1 aliphatic heterocycles. The highest BCUT2D eigenvalue weighted by Crippen LogP contribution is 2.22. The van der Waals surface area contributed by atoms with Crippen molar-refractivity contribution in [2.45, 2.75) is 26.3 Å². The van der Waals surface area contributed by atoms with Gasteiger partial charge in [0.15, 0.2) is 0 Å². The topological polar surface area (TPSA) is 34.0 Å². The van der Waals surface area contributed by atoms with Crippen molar-refractivity contribution < 1.29 is 4.79 Å². The fourth-order valence-electron chi connectivity index (χ4n) is 2.16. The number of nitrogens with one attached hydrogen (secondary N) is 1. The lowest BCUT2D eigenvalue weighted by molar-refractivity contribution is 0.0939. The van der Waals surface area contributed by atoms with Crippen LogP contribution < -0.4 is 5.32 Å². The molecular formula is C13H19BrN2OS. The highest BCUT2D eigenvalue weighted by molar-refractivity contribution is 9.10. The SMILES string of the molecule is CCCn1cc(Br)cc1C(=O)NCC1CCSC1. The summed E-state index contributed by atoms with van der Waals surface area (Å²) in [7, 11) is 0. The molecule has 5 heteroatoms. The van der Waals surface area contributed by atoms with Crippen LogP contribution in [0, 0.1) is 5.92 Å². The van der Waals surface area contributed by atoms with Crippen LogP contribution in [-0.2, 0) is 6.54 Å². The number of carbonyl (C=O) groups is 1. The van der Waals surface area contributed by atoms with Crippen LogP contribution >= 0.6 is 27.7 Å². The van der Waals surface area contributed by atoms with Gasteiger partial charge in [-0.1, -0.05) is 6.92 Å². The number of thioether (sulfide) groups is 1. The molecule has 2 rings (SSSR count). The van der Waals surface area contributed by atoms with Crippen molar-refractivity contribution in [3.63, 3.8) is 0 Å². The summed E-state index contributed by atoms with van der Waals surface area (Å²) >= 11 is 5.42. The molecule has 1 N–H and O–H groups in total. The van der Waals surface area contributed by atoms with Gasteiger partial charge in [0.05, 0.1) is 0 Å². The molecular weight excluding hydrogens is 312 g/mol. The number of rotatable bonds is 5. The van der Waals surface area contributed by atoms with Crippen LogP contribution in [0.2, 0.25) is 0 Å². The highest BCUT2D eigenvalue weighted by atomic mass is 79.9. The molecule has 0 saturated carbocycles. The Balaban J connectivity index is 1.94. The number of hydrogen-bond donors (Lipinski definition) is 1. The van der Waals surface area contributed by atoms with Crippen LogP contribution in [-0.4, -0.2) is 28.5 Å². The van der Waals surface area contributed by atoms with Gasteiger partial charge in [-0.25, -0.2) is 0 Å². The average Bonchev–Trinajstić information content (AvgIpc) is 2.96. The first kappa shape index (κ1) is 14.0. The van der Waals surface area contributed by atoms with Crippen molar-refractivity contribution in [1.82, 2.24) is 9.88 Å². The lowest BCUT2D eigenvalue weighted by atomic mass is 10.1. The smallest absolute Gasteiger partial charge is 0.267 e. The lowest BCUT2D eigenvalue weighted by Crippen LogP contribution is -2.30. The number of nitrogens with zero attached hydrogens (tertiary/aromatic N) is 1. The molecule has 0 bridgehead atoms. The van der Waals surface area contributed by atoms with Gasteiger partial charge in [-0.2, -0.15) is 11.8 Å². The van der Waals surface area contributed by atoms with Gasteiger partial charge in [-0.05, 0) is 52.3 Å². The molecule has 0 radical (unpaired) electrons. The molecule has 3 nitrogen and oxygen atoms in total. The van der Waals surface area contributed by atoms with Gasteiger partial charge in [0.1, 0.15) is 5.69 Å². The summed E-state index contributed by atoms with van der Waals surface area (Å²) < 4.78 is 2.99. The summed E-state index contributed by atoms with van der Waals surface area (Å²) in [5, 5.41) is 3.06. The van der Waals surface area contributed by atoms with Gasteiger partial charge < -0.3 is 9.88 Å². The molecule has 1 aliphatic rings. The zero-order valence-corrected chi connectivity index (χ0v) is 13.0. The molecule has 1 aromatic rings. The Hall–Kier alpha value is -0.420. The van der Waals surface area contributed by atoms with E-state index in [1.54, 1.807) is 0 Å². The lowest BCUT2D eigenvalue weighted by Gasteiger charge is -2.11. The maximum absolute atomic E-state index is 12.2. The van der Waals surface area contributed by atoms with Gasteiger partial charge in [-0.3, -0.25) is 4.79 Å². The molecule has 1 aromatic heterocycles. The molecule has 100 valence electrons. The molecule has 18 heavy (non-hydrogen) atoms. The Labute approximate surface area is 121 Å². The fourth-order valence-corrected chi connectivity index (χ4v) is 3.91. The zero-order valence-electron chi connectivity index (χ0n) is 10.6. The van der Waals surface area contributed by atoms with Crippen LogP contribution in [0.4, 0.5) is 0 Å². The zero-order chi connectivity index (χ0) is 13.0. The standard InChI is InChI=1S/C13H19BrN2OS/c1-2-4-16-8-11(14)6-12(16)13(17)15-7-10-3-5-18-9-10/h6,8,10H,2-5,7,9H2,1H3,(H,15,17). The summed E-state index contributed by atoms with van der Waals surface area (Å²) in [6.07, 6.45) is 4.23. The molecule has 0 spiro atoms. The second-order valence-corrected chi connectivity index (χ2v) is 6.74. The van der Waals surface area contributed by atoms with Gasteiger partial charge >= 0.3 is 0 Å². The monoisotopic (exact) mass is 330 g/mol. The minimum absolute atomic E-state index is 0.0473. The van der Waals surface area contributed by atoms with E-state index in [4.69, 9.17) is 0 Å². The predicted octanol–water partition coefficient (Wildman–Crippen LogP) is 3.14. The Morgan fingerprint density at radius 2 is 2.50 bits per heavy atom. The van der Waals surface area contributed by atoms with Crippen molar-refractivity contribution in [3.05, 3.63) is 22.4 Å².